The van der Waals surface area contributed by atoms with E-state index in [0.717, 1.165) is 18.4 Å². The minimum atomic E-state index is -0.351. The van der Waals surface area contributed by atoms with Crippen LogP contribution in [-0.4, -0.2) is 5.11 Å². The second-order valence-corrected chi connectivity index (χ2v) is 3.41. The molecule has 0 aliphatic rings. The van der Waals surface area contributed by atoms with Gasteiger partial charge in [-0.25, -0.2) is 0 Å². The molecule has 0 aliphatic carbocycles. The van der Waals surface area contributed by atoms with Gasteiger partial charge in [0.25, 0.3) is 0 Å². The van der Waals surface area contributed by atoms with Crippen LogP contribution in [0.2, 0.25) is 0 Å². The van der Waals surface area contributed by atoms with Gasteiger partial charge in [0.15, 0.2) is 0 Å². The van der Waals surface area contributed by atoms with Crippen molar-refractivity contribution in [3.05, 3.63) is 34.9 Å². The molecule has 1 unspecified atom stereocenters. The normalized spacial score (nSPS) is 11.6. The molecule has 0 fully saturated rings. The number of hydrogen-bond acceptors (Lipinski definition) is 1. The average Bonchev–Trinajstić information content (AvgIpc) is 2.30. The first kappa shape index (κ1) is 14.2. The SMILES string of the molecule is CC.CCc1ccc(C(C)O)cc1CC. The third-order valence-corrected chi connectivity index (χ3v) is 2.47. The van der Waals surface area contributed by atoms with Crippen LogP contribution >= 0.6 is 0 Å². The van der Waals surface area contributed by atoms with Crippen LogP contribution in [0.15, 0.2) is 18.2 Å². The lowest BCUT2D eigenvalue weighted by Gasteiger charge is -2.10. The minimum absolute atomic E-state index is 0.351. The summed E-state index contributed by atoms with van der Waals surface area (Å²) in [4.78, 5) is 0. The fraction of sp³-hybridized carbons (Fsp3) is 0.571. The Balaban J connectivity index is 0.000000921. The van der Waals surface area contributed by atoms with E-state index < -0.39 is 0 Å². The average molecular weight is 208 g/mol. The van der Waals surface area contributed by atoms with E-state index in [2.05, 4.69) is 26.0 Å². The van der Waals surface area contributed by atoms with Crippen LogP contribution in [-0.2, 0) is 12.8 Å². The van der Waals surface area contributed by atoms with Gasteiger partial charge in [0.2, 0.25) is 0 Å². The monoisotopic (exact) mass is 208 g/mol. The number of hydrogen-bond donors (Lipinski definition) is 1. The molecule has 0 amide bonds. The lowest BCUT2D eigenvalue weighted by atomic mass is 9.98. The first-order valence-corrected chi connectivity index (χ1v) is 5.98. The minimum Gasteiger partial charge on any atom is -0.389 e. The quantitative estimate of drug-likeness (QED) is 0.799. The zero-order valence-electron chi connectivity index (χ0n) is 10.7. The van der Waals surface area contributed by atoms with Crippen molar-refractivity contribution in [3.63, 3.8) is 0 Å². The van der Waals surface area contributed by atoms with Gasteiger partial charge in [-0.3, -0.25) is 0 Å². The summed E-state index contributed by atoms with van der Waals surface area (Å²) in [6.07, 6.45) is 1.77. The Kier molecular flexibility index (Phi) is 7.06. The zero-order valence-corrected chi connectivity index (χ0v) is 10.7. The van der Waals surface area contributed by atoms with E-state index in [1.165, 1.54) is 11.1 Å². The molecule has 86 valence electrons. The molecule has 0 saturated carbocycles. The first-order chi connectivity index (χ1) is 7.19. The zero-order chi connectivity index (χ0) is 11.8. The molecular weight excluding hydrogens is 184 g/mol. The van der Waals surface area contributed by atoms with E-state index in [1.807, 2.05) is 19.9 Å². The number of rotatable bonds is 3. The van der Waals surface area contributed by atoms with Crippen molar-refractivity contribution in [2.75, 3.05) is 0 Å². The second kappa shape index (κ2) is 7.47. The van der Waals surface area contributed by atoms with Gasteiger partial charge < -0.3 is 5.11 Å². The summed E-state index contributed by atoms with van der Waals surface area (Å²) in [5, 5.41) is 9.41. The Morgan fingerprint density at radius 1 is 1.07 bits per heavy atom. The molecule has 1 aromatic carbocycles. The van der Waals surface area contributed by atoms with E-state index in [0.29, 0.717) is 0 Å². The molecular formula is C14H24O. The highest BCUT2D eigenvalue weighted by molar-refractivity contribution is 5.33. The fourth-order valence-corrected chi connectivity index (χ4v) is 1.58. The number of benzene rings is 1. The van der Waals surface area contributed by atoms with E-state index >= 15 is 0 Å². The molecule has 15 heavy (non-hydrogen) atoms. The maximum atomic E-state index is 9.41. The summed E-state index contributed by atoms with van der Waals surface area (Å²) in [7, 11) is 0. The third kappa shape index (κ3) is 4.05. The molecule has 0 radical (unpaired) electrons. The predicted molar refractivity (Wildman–Crippen MR) is 67.2 cm³/mol. The Hall–Kier alpha value is -0.820. The van der Waals surface area contributed by atoms with Crippen molar-refractivity contribution < 1.29 is 5.11 Å². The third-order valence-electron chi connectivity index (χ3n) is 2.47. The van der Waals surface area contributed by atoms with Crippen molar-refractivity contribution >= 4 is 0 Å². The van der Waals surface area contributed by atoms with Crippen molar-refractivity contribution in [2.24, 2.45) is 0 Å². The molecule has 0 heterocycles. The van der Waals surface area contributed by atoms with Gasteiger partial charge in [0.05, 0.1) is 6.10 Å². The van der Waals surface area contributed by atoms with Gasteiger partial charge in [-0.15, -0.1) is 0 Å². The number of aliphatic hydroxyl groups excluding tert-OH is 1. The molecule has 0 spiro atoms. The lowest BCUT2D eigenvalue weighted by molar-refractivity contribution is 0.199. The Labute approximate surface area is 94.2 Å². The van der Waals surface area contributed by atoms with Crippen LogP contribution < -0.4 is 0 Å². The van der Waals surface area contributed by atoms with E-state index in [4.69, 9.17) is 0 Å². The van der Waals surface area contributed by atoms with Crippen LogP contribution in [0.5, 0.6) is 0 Å². The molecule has 0 saturated heterocycles. The molecule has 1 heteroatoms. The van der Waals surface area contributed by atoms with Crippen molar-refractivity contribution in [3.8, 4) is 0 Å². The Morgan fingerprint density at radius 3 is 2.00 bits per heavy atom. The Morgan fingerprint density at radius 2 is 1.60 bits per heavy atom. The molecule has 1 aromatic rings. The van der Waals surface area contributed by atoms with Gasteiger partial charge >= 0.3 is 0 Å². The van der Waals surface area contributed by atoms with Crippen molar-refractivity contribution in [2.45, 2.75) is 53.6 Å². The van der Waals surface area contributed by atoms with Crippen LogP contribution in [0.25, 0.3) is 0 Å². The van der Waals surface area contributed by atoms with Crippen LogP contribution in [0.1, 0.15) is 57.4 Å². The highest BCUT2D eigenvalue weighted by atomic mass is 16.3. The van der Waals surface area contributed by atoms with E-state index in [1.54, 1.807) is 6.92 Å². The lowest BCUT2D eigenvalue weighted by Crippen LogP contribution is -1.96. The molecule has 0 bridgehead atoms. The van der Waals surface area contributed by atoms with Crippen LogP contribution in [0, 0.1) is 0 Å². The first-order valence-electron chi connectivity index (χ1n) is 5.98. The fourth-order valence-electron chi connectivity index (χ4n) is 1.58. The largest absolute Gasteiger partial charge is 0.389 e. The molecule has 1 N–H and O–H groups in total. The van der Waals surface area contributed by atoms with Gasteiger partial charge in [0, 0.05) is 0 Å². The highest BCUT2D eigenvalue weighted by Crippen LogP contribution is 2.18. The standard InChI is InChI=1S/C12H18O.C2H6/c1-4-10-6-7-12(9(3)13)8-11(10)5-2;1-2/h6-9,13H,4-5H2,1-3H3;1-2H3. The number of aliphatic hydroxyl groups is 1. The Bertz CT molecular complexity index is 277. The topological polar surface area (TPSA) is 20.2 Å². The summed E-state index contributed by atoms with van der Waals surface area (Å²) in [5.74, 6) is 0. The van der Waals surface area contributed by atoms with Crippen LogP contribution in [0.4, 0.5) is 0 Å². The van der Waals surface area contributed by atoms with E-state index in [9.17, 15) is 5.11 Å². The smallest absolute Gasteiger partial charge is 0.0762 e. The van der Waals surface area contributed by atoms with Crippen molar-refractivity contribution in [1.29, 1.82) is 0 Å². The maximum absolute atomic E-state index is 9.41. The molecule has 1 atom stereocenters. The number of aryl methyl sites for hydroxylation is 2. The molecule has 1 rings (SSSR count). The van der Waals surface area contributed by atoms with Gasteiger partial charge in [0.1, 0.15) is 0 Å². The predicted octanol–water partition coefficient (Wildman–Crippen LogP) is 3.89. The van der Waals surface area contributed by atoms with Gasteiger partial charge in [-0.05, 0) is 36.5 Å². The van der Waals surface area contributed by atoms with E-state index in [-0.39, 0.29) is 6.10 Å². The summed E-state index contributed by atoms with van der Waals surface area (Å²) in [5.41, 5.74) is 3.78. The molecule has 0 aromatic heterocycles. The summed E-state index contributed by atoms with van der Waals surface area (Å²) >= 11 is 0. The summed E-state index contributed by atoms with van der Waals surface area (Å²) in [6.45, 7) is 10.1. The maximum Gasteiger partial charge on any atom is 0.0762 e. The summed E-state index contributed by atoms with van der Waals surface area (Å²) < 4.78 is 0. The molecule has 1 nitrogen and oxygen atoms in total. The highest BCUT2D eigenvalue weighted by Gasteiger charge is 2.04. The van der Waals surface area contributed by atoms with Crippen LogP contribution in [0.3, 0.4) is 0 Å². The van der Waals surface area contributed by atoms with Crippen molar-refractivity contribution in [1.82, 2.24) is 0 Å². The second-order valence-electron chi connectivity index (χ2n) is 3.41. The van der Waals surface area contributed by atoms with Gasteiger partial charge in [-0.1, -0.05) is 45.9 Å². The summed E-state index contributed by atoms with van der Waals surface area (Å²) in [6, 6.07) is 6.26. The molecule has 0 aliphatic heterocycles. The van der Waals surface area contributed by atoms with Gasteiger partial charge in [-0.2, -0.15) is 0 Å².